The second-order valence-corrected chi connectivity index (χ2v) is 6.29. The molecule has 1 unspecified atom stereocenters. The van der Waals surface area contributed by atoms with Gasteiger partial charge in [0.1, 0.15) is 0 Å². The Balaban J connectivity index is 2.98. The van der Waals surface area contributed by atoms with Crippen LogP contribution in [0.3, 0.4) is 0 Å². The molecule has 4 N–H and O–H groups in total. The van der Waals surface area contributed by atoms with Gasteiger partial charge < -0.3 is 16.2 Å². The molecule has 0 saturated heterocycles. The first-order valence-electron chi connectivity index (χ1n) is 6.19. The molecular weight excluding hydrogens is 264 g/mol. The Morgan fingerprint density at radius 3 is 2.53 bits per heavy atom. The number of hydrogen-bond donors (Lipinski definition) is 3. The van der Waals surface area contributed by atoms with E-state index < -0.39 is 5.97 Å². The van der Waals surface area contributed by atoms with Crippen LogP contribution in [-0.4, -0.2) is 17.6 Å². The van der Waals surface area contributed by atoms with Gasteiger partial charge in [-0.05, 0) is 23.5 Å². The molecule has 106 valence electrons. The van der Waals surface area contributed by atoms with Crippen molar-refractivity contribution >= 4 is 28.9 Å². The standard InChI is InChI=1S/C14H21ClN2O2/c1-8(14(2,3)4)7-17-12-10(13(18)19)5-9(16)6-11(12)15/h5-6,8,17H,7,16H2,1-4H3,(H,18,19). The normalized spacial score (nSPS) is 13.1. The van der Waals surface area contributed by atoms with Gasteiger partial charge in [0.25, 0.3) is 0 Å². The van der Waals surface area contributed by atoms with E-state index in [1.807, 2.05) is 0 Å². The molecule has 0 bridgehead atoms. The van der Waals surface area contributed by atoms with Gasteiger partial charge in [-0.15, -0.1) is 0 Å². The minimum absolute atomic E-state index is 0.103. The number of nitrogens with one attached hydrogen (secondary N) is 1. The van der Waals surface area contributed by atoms with Crippen LogP contribution in [0.4, 0.5) is 11.4 Å². The first-order valence-corrected chi connectivity index (χ1v) is 6.57. The number of nitrogens with two attached hydrogens (primary N) is 1. The summed E-state index contributed by atoms with van der Waals surface area (Å²) in [7, 11) is 0. The molecule has 5 heteroatoms. The minimum atomic E-state index is -1.04. The fourth-order valence-corrected chi connectivity index (χ4v) is 1.83. The maximum atomic E-state index is 11.2. The van der Waals surface area contributed by atoms with E-state index in [2.05, 4.69) is 33.0 Å². The molecule has 19 heavy (non-hydrogen) atoms. The Labute approximate surface area is 118 Å². The van der Waals surface area contributed by atoms with Crippen LogP contribution in [0.2, 0.25) is 5.02 Å². The average molecular weight is 285 g/mol. The third-order valence-electron chi connectivity index (χ3n) is 3.41. The van der Waals surface area contributed by atoms with Crippen LogP contribution < -0.4 is 11.1 Å². The van der Waals surface area contributed by atoms with Crippen LogP contribution in [-0.2, 0) is 0 Å². The highest BCUT2D eigenvalue weighted by Gasteiger charge is 2.21. The van der Waals surface area contributed by atoms with Gasteiger partial charge in [0.2, 0.25) is 0 Å². The summed E-state index contributed by atoms with van der Waals surface area (Å²) in [6, 6.07) is 2.97. The fraction of sp³-hybridized carbons (Fsp3) is 0.500. The Morgan fingerprint density at radius 2 is 2.05 bits per heavy atom. The Morgan fingerprint density at radius 1 is 1.47 bits per heavy atom. The first kappa shape index (κ1) is 15.6. The number of carboxylic acid groups (broad SMARTS) is 1. The predicted molar refractivity (Wildman–Crippen MR) is 79.9 cm³/mol. The number of carbonyl (C=O) groups is 1. The van der Waals surface area contributed by atoms with Gasteiger partial charge in [-0.1, -0.05) is 39.3 Å². The van der Waals surface area contributed by atoms with Gasteiger partial charge in [-0.25, -0.2) is 4.79 Å². The van der Waals surface area contributed by atoms with Gasteiger partial charge in [0.05, 0.1) is 16.3 Å². The second kappa shape index (κ2) is 5.70. The number of nitrogen functional groups attached to an aromatic ring is 1. The largest absolute Gasteiger partial charge is 0.478 e. The van der Waals surface area contributed by atoms with Crippen molar-refractivity contribution < 1.29 is 9.90 Å². The van der Waals surface area contributed by atoms with Crippen molar-refractivity contribution in [1.82, 2.24) is 0 Å². The van der Waals surface area contributed by atoms with E-state index >= 15 is 0 Å². The summed E-state index contributed by atoms with van der Waals surface area (Å²) < 4.78 is 0. The Kier molecular flexibility index (Phi) is 4.69. The van der Waals surface area contributed by atoms with Crippen LogP contribution in [0, 0.1) is 11.3 Å². The summed E-state index contributed by atoms with van der Waals surface area (Å²) in [5, 5.41) is 12.6. The third kappa shape index (κ3) is 4.03. The molecule has 1 aromatic rings. The molecule has 0 aromatic heterocycles. The molecule has 0 aliphatic rings. The number of benzene rings is 1. The van der Waals surface area contributed by atoms with Crippen LogP contribution in [0.1, 0.15) is 38.1 Å². The van der Waals surface area contributed by atoms with Crippen LogP contribution in [0.5, 0.6) is 0 Å². The highest BCUT2D eigenvalue weighted by Crippen LogP contribution is 2.31. The van der Waals surface area contributed by atoms with Gasteiger partial charge in [0, 0.05) is 12.2 Å². The molecule has 0 aliphatic heterocycles. The van der Waals surface area contributed by atoms with E-state index in [0.29, 0.717) is 28.9 Å². The number of aromatic carboxylic acids is 1. The molecule has 0 radical (unpaired) electrons. The monoisotopic (exact) mass is 284 g/mol. The molecular formula is C14H21ClN2O2. The highest BCUT2D eigenvalue weighted by molar-refractivity contribution is 6.34. The lowest BCUT2D eigenvalue weighted by molar-refractivity contribution is 0.0698. The fourth-order valence-electron chi connectivity index (χ4n) is 1.54. The zero-order valence-electron chi connectivity index (χ0n) is 11.7. The van der Waals surface area contributed by atoms with Crippen LogP contribution in [0.15, 0.2) is 12.1 Å². The average Bonchev–Trinajstić information content (AvgIpc) is 2.24. The van der Waals surface area contributed by atoms with E-state index in [-0.39, 0.29) is 11.0 Å². The number of anilines is 2. The molecule has 0 spiro atoms. The quantitative estimate of drug-likeness (QED) is 0.737. The topological polar surface area (TPSA) is 75.3 Å². The molecule has 1 rings (SSSR count). The molecule has 1 atom stereocenters. The van der Waals surface area contributed by atoms with E-state index in [4.69, 9.17) is 17.3 Å². The van der Waals surface area contributed by atoms with Crippen molar-refractivity contribution in [2.45, 2.75) is 27.7 Å². The lowest BCUT2D eigenvalue weighted by Gasteiger charge is -2.28. The summed E-state index contributed by atoms with van der Waals surface area (Å²) in [5.41, 5.74) is 6.63. The van der Waals surface area contributed by atoms with Crippen molar-refractivity contribution in [2.75, 3.05) is 17.6 Å². The van der Waals surface area contributed by atoms with E-state index in [0.717, 1.165) is 0 Å². The van der Waals surface area contributed by atoms with E-state index in [1.54, 1.807) is 6.07 Å². The molecule has 0 saturated carbocycles. The van der Waals surface area contributed by atoms with Crippen molar-refractivity contribution in [2.24, 2.45) is 11.3 Å². The summed E-state index contributed by atoms with van der Waals surface area (Å²) in [5.74, 6) is -0.678. The first-order chi connectivity index (χ1) is 8.62. The summed E-state index contributed by atoms with van der Waals surface area (Å²) in [4.78, 5) is 11.2. The van der Waals surface area contributed by atoms with Crippen molar-refractivity contribution in [3.8, 4) is 0 Å². The zero-order chi connectivity index (χ0) is 14.8. The van der Waals surface area contributed by atoms with Crippen LogP contribution >= 0.6 is 11.6 Å². The molecule has 1 aromatic carbocycles. The Hall–Kier alpha value is -1.42. The SMILES string of the molecule is CC(CNc1c(Cl)cc(N)cc1C(=O)O)C(C)(C)C. The third-order valence-corrected chi connectivity index (χ3v) is 3.70. The van der Waals surface area contributed by atoms with Crippen molar-refractivity contribution in [3.05, 3.63) is 22.7 Å². The van der Waals surface area contributed by atoms with Crippen LogP contribution in [0.25, 0.3) is 0 Å². The van der Waals surface area contributed by atoms with Gasteiger partial charge in [0.15, 0.2) is 0 Å². The lowest BCUT2D eigenvalue weighted by atomic mass is 9.82. The summed E-state index contributed by atoms with van der Waals surface area (Å²) in [6.07, 6.45) is 0. The molecule has 0 amide bonds. The summed E-state index contributed by atoms with van der Waals surface area (Å²) in [6.45, 7) is 9.18. The number of carboxylic acids is 1. The van der Waals surface area contributed by atoms with Crippen molar-refractivity contribution in [1.29, 1.82) is 0 Å². The maximum Gasteiger partial charge on any atom is 0.337 e. The van der Waals surface area contributed by atoms with Gasteiger partial charge in [-0.3, -0.25) is 0 Å². The smallest absolute Gasteiger partial charge is 0.337 e. The predicted octanol–water partition coefficient (Wildman–Crippen LogP) is 3.71. The highest BCUT2D eigenvalue weighted by atomic mass is 35.5. The Bertz CT molecular complexity index is 481. The number of rotatable bonds is 4. The zero-order valence-corrected chi connectivity index (χ0v) is 12.5. The lowest BCUT2D eigenvalue weighted by Crippen LogP contribution is -2.25. The van der Waals surface area contributed by atoms with Gasteiger partial charge in [-0.2, -0.15) is 0 Å². The number of halogens is 1. The molecule has 0 fully saturated rings. The van der Waals surface area contributed by atoms with Crippen molar-refractivity contribution in [3.63, 3.8) is 0 Å². The van der Waals surface area contributed by atoms with Gasteiger partial charge >= 0.3 is 5.97 Å². The van der Waals surface area contributed by atoms with E-state index in [9.17, 15) is 9.90 Å². The number of hydrogen-bond acceptors (Lipinski definition) is 3. The maximum absolute atomic E-state index is 11.2. The molecule has 0 heterocycles. The minimum Gasteiger partial charge on any atom is -0.478 e. The molecule has 4 nitrogen and oxygen atoms in total. The second-order valence-electron chi connectivity index (χ2n) is 5.88. The summed E-state index contributed by atoms with van der Waals surface area (Å²) >= 11 is 6.07. The van der Waals surface area contributed by atoms with E-state index in [1.165, 1.54) is 6.07 Å². The molecule has 0 aliphatic carbocycles.